The lowest BCUT2D eigenvalue weighted by molar-refractivity contribution is -0.132. The second kappa shape index (κ2) is 11.0. The Morgan fingerprint density at radius 3 is 2.59 bits per heavy atom. The van der Waals surface area contributed by atoms with Crippen LogP contribution < -0.4 is 19.5 Å². The Hall–Kier alpha value is -3.62. The number of anilines is 2. The molecule has 0 amide bonds. The summed E-state index contributed by atoms with van der Waals surface area (Å²) in [6.45, 7) is 1.49. The average molecular weight is 504 g/mol. The molecule has 1 aromatic heterocycles. The zero-order chi connectivity index (χ0) is 23.4. The molecule has 10 heteroatoms. The van der Waals surface area contributed by atoms with Crippen LogP contribution in [0.25, 0.3) is 10.9 Å². The first kappa shape index (κ1) is 25.0. The number of rotatable bonds is 7. The molecule has 0 aliphatic heterocycles. The topological polar surface area (TPSA) is 82.6 Å². The number of hydrogen-bond donors (Lipinski definition) is 1. The summed E-state index contributed by atoms with van der Waals surface area (Å²) < 4.78 is 29.6. The van der Waals surface area contributed by atoms with E-state index in [4.69, 9.17) is 25.8 Å². The van der Waals surface area contributed by atoms with Gasteiger partial charge in [0.1, 0.15) is 30.3 Å². The molecular weight excluding hydrogens is 484 g/mol. The van der Waals surface area contributed by atoms with E-state index in [9.17, 15) is 9.18 Å². The van der Waals surface area contributed by atoms with Crippen LogP contribution in [-0.2, 0) is 11.4 Å². The number of fused-ring (bicyclic) bond motifs is 1. The molecule has 0 atom stereocenters. The molecule has 0 aliphatic rings. The maximum absolute atomic E-state index is 13.3. The Morgan fingerprint density at radius 1 is 1.06 bits per heavy atom. The number of hydrogen-bond acceptors (Lipinski definition) is 7. The van der Waals surface area contributed by atoms with Crippen LogP contribution in [0.15, 0.2) is 60.9 Å². The molecule has 0 saturated carbocycles. The molecule has 0 saturated heterocycles. The fraction of sp³-hybridized carbons (Fsp3) is 0.125. The molecular formula is C24H20Cl2FN3O4. The molecule has 0 unspecified atom stereocenters. The second-order valence-corrected chi connectivity index (χ2v) is 7.43. The zero-order valence-electron chi connectivity index (χ0n) is 18.2. The molecule has 0 fully saturated rings. The van der Waals surface area contributed by atoms with Crippen LogP contribution in [0.1, 0.15) is 12.5 Å². The number of carbonyl (C=O) groups is 1. The summed E-state index contributed by atoms with van der Waals surface area (Å²) in [5.41, 5.74) is 1.95. The lowest BCUT2D eigenvalue weighted by atomic mass is 10.2. The first-order chi connectivity index (χ1) is 15.9. The number of halogens is 3. The first-order valence-electron chi connectivity index (χ1n) is 9.88. The number of benzene rings is 3. The van der Waals surface area contributed by atoms with Crippen molar-refractivity contribution in [2.24, 2.45) is 0 Å². The molecule has 0 aliphatic carbocycles. The number of nitrogens with one attached hydrogen (secondary N) is 1. The van der Waals surface area contributed by atoms with Crippen molar-refractivity contribution in [3.05, 3.63) is 77.3 Å². The molecule has 0 bridgehead atoms. The van der Waals surface area contributed by atoms with E-state index in [1.165, 1.54) is 32.5 Å². The molecule has 34 heavy (non-hydrogen) atoms. The highest BCUT2D eigenvalue weighted by Crippen LogP contribution is 2.36. The third-order valence-corrected chi connectivity index (χ3v) is 4.95. The Labute approximate surface area is 206 Å². The van der Waals surface area contributed by atoms with Crippen LogP contribution in [0, 0.1) is 5.82 Å². The summed E-state index contributed by atoms with van der Waals surface area (Å²) >= 11 is 6.39. The molecule has 0 spiro atoms. The van der Waals surface area contributed by atoms with Gasteiger partial charge in [0.05, 0.1) is 17.6 Å². The number of methoxy groups -OCH3 is 1. The summed E-state index contributed by atoms with van der Waals surface area (Å²) in [7, 11) is 1.48. The van der Waals surface area contributed by atoms with E-state index < -0.39 is 5.97 Å². The molecule has 4 aromatic rings. The monoisotopic (exact) mass is 503 g/mol. The third-order valence-electron chi connectivity index (χ3n) is 4.65. The molecule has 176 valence electrons. The van der Waals surface area contributed by atoms with Crippen LogP contribution in [0.3, 0.4) is 0 Å². The van der Waals surface area contributed by atoms with Crippen LogP contribution in [-0.4, -0.2) is 23.0 Å². The molecule has 3 aromatic carbocycles. The minimum atomic E-state index is -0.473. The summed E-state index contributed by atoms with van der Waals surface area (Å²) in [5, 5.41) is 4.19. The smallest absolute Gasteiger partial charge is 0.308 e. The third kappa shape index (κ3) is 5.84. The van der Waals surface area contributed by atoms with E-state index in [0.717, 1.165) is 0 Å². The van der Waals surface area contributed by atoms with Gasteiger partial charge >= 0.3 is 5.97 Å². The van der Waals surface area contributed by atoms with Crippen LogP contribution in [0.4, 0.5) is 15.9 Å². The van der Waals surface area contributed by atoms with Gasteiger partial charge < -0.3 is 19.5 Å². The number of esters is 1. The number of carbonyl (C=O) groups excluding carboxylic acids is 1. The lowest BCUT2D eigenvalue weighted by Gasteiger charge is -2.13. The van der Waals surface area contributed by atoms with Crippen molar-refractivity contribution < 1.29 is 23.4 Å². The summed E-state index contributed by atoms with van der Waals surface area (Å²) in [5.74, 6) is 0.786. The Kier molecular flexibility index (Phi) is 8.09. The fourth-order valence-corrected chi connectivity index (χ4v) is 3.41. The predicted octanol–water partition coefficient (Wildman–Crippen LogP) is 6.10. The van der Waals surface area contributed by atoms with Gasteiger partial charge in [0.25, 0.3) is 0 Å². The van der Waals surface area contributed by atoms with Crippen molar-refractivity contribution in [1.29, 1.82) is 0 Å². The van der Waals surface area contributed by atoms with Gasteiger partial charge in [0.15, 0.2) is 11.5 Å². The Morgan fingerprint density at radius 2 is 1.88 bits per heavy atom. The van der Waals surface area contributed by atoms with Crippen molar-refractivity contribution in [2.75, 3.05) is 12.4 Å². The highest BCUT2D eigenvalue weighted by Gasteiger charge is 2.14. The summed E-state index contributed by atoms with van der Waals surface area (Å²) in [4.78, 5) is 20.0. The molecule has 4 rings (SSSR count). The first-order valence-corrected chi connectivity index (χ1v) is 10.3. The van der Waals surface area contributed by atoms with Gasteiger partial charge in [0, 0.05) is 24.1 Å². The zero-order valence-corrected chi connectivity index (χ0v) is 19.7. The van der Waals surface area contributed by atoms with E-state index in [1.807, 2.05) is 0 Å². The minimum Gasteiger partial charge on any atom is -0.493 e. The molecule has 1 heterocycles. The van der Waals surface area contributed by atoms with Crippen molar-refractivity contribution in [1.82, 2.24) is 9.97 Å². The quantitative estimate of drug-likeness (QED) is 0.241. The van der Waals surface area contributed by atoms with E-state index in [1.54, 1.807) is 42.5 Å². The maximum atomic E-state index is 13.3. The van der Waals surface area contributed by atoms with Gasteiger partial charge in [-0.3, -0.25) is 4.79 Å². The van der Waals surface area contributed by atoms with E-state index in [-0.39, 0.29) is 30.6 Å². The van der Waals surface area contributed by atoms with Gasteiger partial charge in [-0.15, -0.1) is 12.4 Å². The highest BCUT2D eigenvalue weighted by molar-refractivity contribution is 6.32. The van der Waals surface area contributed by atoms with Crippen LogP contribution in [0.5, 0.6) is 17.2 Å². The number of aromatic nitrogens is 2. The summed E-state index contributed by atoms with van der Waals surface area (Å²) in [6.07, 6.45) is 1.41. The van der Waals surface area contributed by atoms with Gasteiger partial charge in [-0.2, -0.15) is 0 Å². The fourth-order valence-electron chi connectivity index (χ4n) is 3.18. The highest BCUT2D eigenvalue weighted by atomic mass is 35.5. The van der Waals surface area contributed by atoms with Crippen molar-refractivity contribution in [3.8, 4) is 17.2 Å². The van der Waals surface area contributed by atoms with E-state index in [2.05, 4.69) is 15.3 Å². The minimum absolute atomic E-state index is 0. The predicted molar refractivity (Wildman–Crippen MR) is 130 cm³/mol. The lowest BCUT2D eigenvalue weighted by Crippen LogP contribution is -2.04. The number of nitrogens with zero attached hydrogens (tertiary/aromatic N) is 2. The maximum Gasteiger partial charge on any atom is 0.308 e. The SMILES string of the molecule is COc1cc2ncnc(Nc3ccc(OCc4cccc(F)c4)c(Cl)c3)c2cc1OC(C)=O.Cl. The summed E-state index contributed by atoms with van der Waals surface area (Å²) in [6, 6.07) is 14.6. The van der Waals surface area contributed by atoms with Gasteiger partial charge in [-0.05, 0) is 42.0 Å². The van der Waals surface area contributed by atoms with E-state index in [0.29, 0.717) is 44.5 Å². The van der Waals surface area contributed by atoms with Gasteiger partial charge in [-0.25, -0.2) is 14.4 Å². The Balaban J connectivity index is 0.00000324. The molecule has 0 radical (unpaired) electrons. The largest absolute Gasteiger partial charge is 0.493 e. The normalized spacial score (nSPS) is 10.4. The van der Waals surface area contributed by atoms with E-state index >= 15 is 0 Å². The second-order valence-electron chi connectivity index (χ2n) is 7.02. The molecule has 7 nitrogen and oxygen atoms in total. The van der Waals surface area contributed by atoms with Crippen molar-refractivity contribution >= 4 is 52.4 Å². The average Bonchev–Trinajstić information content (AvgIpc) is 2.78. The number of ether oxygens (including phenoxy) is 3. The van der Waals surface area contributed by atoms with Gasteiger partial charge in [-0.1, -0.05) is 23.7 Å². The van der Waals surface area contributed by atoms with Crippen LogP contribution in [0.2, 0.25) is 5.02 Å². The van der Waals surface area contributed by atoms with Crippen LogP contribution >= 0.6 is 24.0 Å². The molecule has 1 N–H and O–H groups in total. The van der Waals surface area contributed by atoms with Crippen molar-refractivity contribution in [2.45, 2.75) is 13.5 Å². The standard InChI is InChI=1S/C24H19ClFN3O4.ClH/c1-14(30)33-23-10-18-20(11-22(23)31-2)27-13-28-24(18)29-17-6-7-21(19(25)9-17)32-12-15-4-3-5-16(26)8-15;/h3-11,13H,12H2,1-2H3,(H,27,28,29);1H. The van der Waals surface area contributed by atoms with Gasteiger partial charge in [0.2, 0.25) is 0 Å². The Bertz CT molecular complexity index is 1340. The van der Waals surface area contributed by atoms with Crippen molar-refractivity contribution in [3.63, 3.8) is 0 Å².